The number of amides is 1. The molecule has 1 atom stereocenters. The lowest BCUT2D eigenvalue weighted by atomic mass is 10.3. The Balaban J connectivity index is 0.00000220. The first-order valence-corrected chi connectivity index (χ1v) is 6.51. The Morgan fingerprint density at radius 1 is 1.67 bits per heavy atom. The quantitative estimate of drug-likeness (QED) is 0.438. The molecule has 21 heavy (non-hydrogen) atoms. The van der Waals surface area contributed by atoms with Crippen LogP contribution in [0, 0.1) is 0 Å². The van der Waals surface area contributed by atoms with Gasteiger partial charge in [-0.2, -0.15) is 0 Å². The van der Waals surface area contributed by atoms with E-state index < -0.39 is 0 Å². The summed E-state index contributed by atoms with van der Waals surface area (Å²) in [6, 6.07) is 3.52. The van der Waals surface area contributed by atoms with Crippen LogP contribution in [0.4, 0.5) is 5.69 Å². The summed E-state index contributed by atoms with van der Waals surface area (Å²) < 4.78 is 5.42. The number of nitrogens with one attached hydrogen (secondary N) is 1. The van der Waals surface area contributed by atoms with Gasteiger partial charge >= 0.3 is 0 Å². The number of rotatable bonds is 3. The van der Waals surface area contributed by atoms with Gasteiger partial charge in [0.05, 0.1) is 24.6 Å². The average molecular weight is 405 g/mol. The number of carbonyl (C=O) groups is 1. The highest BCUT2D eigenvalue weighted by atomic mass is 127. The monoisotopic (exact) mass is 405 g/mol. The number of hydrogen-bond donors (Lipinski definition) is 2. The number of pyridine rings is 1. The van der Waals surface area contributed by atoms with Crippen molar-refractivity contribution >= 4 is 41.5 Å². The van der Waals surface area contributed by atoms with Crippen LogP contribution < -0.4 is 11.1 Å². The van der Waals surface area contributed by atoms with Crippen LogP contribution in [0.15, 0.2) is 29.5 Å². The van der Waals surface area contributed by atoms with Gasteiger partial charge < -0.3 is 20.7 Å². The minimum atomic E-state index is -0.220. The molecule has 2 heterocycles. The number of halogens is 1. The number of ether oxygens (including phenoxy) is 1. The number of aromatic nitrogens is 1. The minimum absolute atomic E-state index is 0. The zero-order valence-corrected chi connectivity index (χ0v) is 14.2. The molecular weight excluding hydrogens is 385 g/mol. The lowest BCUT2D eigenvalue weighted by Gasteiger charge is -2.31. The number of guanidine groups is 1. The predicted octanol–water partition coefficient (Wildman–Crippen LogP) is 0.673. The molecule has 8 heteroatoms. The molecule has 0 spiro atoms. The Labute approximate surface area is 141 Å². The van der Waals surface area contributed by atoms with Gasteiger partial charge in [0.1, 0.15) is 6.54 Å². The van der Waals surface area contributed by atoms with Gasteiger partial charge in [0, 0.05) is 19.3 Å². The molecule has 0 bridgehead atoms. The van der Waals surface area contributed by atoms with Crippen LogP contribution in [-0.4, -0.2) is 54.1 Å². The molecule has 1 aliphatic rings. The minimum Gasteiger partial charge on any atom is -0.375 e. The summed E-state index contributed by atoms with van der Waals surface area (Å²) in [4.78, 5) is 21.7. The maximum atomic E-state index is 11.7. The highest BCUT2D eigenvalue weighted by molar-refractivity contribution is 14.0. The molecule has 3 N–H and O–H groups in total. The standard InChI is InChI=1S/C13H19N5O2.HI/c1-10-9-18(5-6-20-10)13(14)16-8-12(19)17-11-3-2-4-15-7-11;/h2-4,7,10H,5-6,8-9H2,1H3,(H2,14,16)(H,17,19);1H. The first kappa shape index (κ1) is 17.6. The average Bonchev–Trinajstić information content (AvgIpc) is 2.46. The van der Waals surface area contributed by atoms with Gasteiger partial charge in [-0.25, -0.2) is 4.99 Å². The molecule has 0 aliphatic carbocycles. The maximum Gasteiger partial charge on any atom is 0.246 e. The smallest absolute Gasteiger partial charge is 0.246 e. The van der Waals surface area contributed by atoms with E-state index in [1.54, 1.807) is 24.5 Å². The topological polar surface area (TPSA) is 92.8 Å². The second-order valence-corrected chi connectivity index (χ2v) is 4.59. The normalized spacial score (nSPS) is 18.8. The molecule has 1 amide bonds. The van der Waals surface area contributed by atoms with Crippen molar-refractivity contribution in [3.8, 4) is 0 Å². The molecule has 1 aliphatic heterocycles. The molecule has 2 rings (SSSR count). The van der Waals surface area contributed by atoms with Crippen LogP contribution in [0.25, 0.3) is 0 Å². The summed E-state index contributed by atoms with van der Waals surface area (Å²) in [5, 5.41) is 2.70. The molecule has 1 aromatic heterocycles. The van der Waals surface area contributed by atoms with Crippen molar-refractivity contribution in [3.05, 3.63) is 24.5 Å². The third-order valence-electron chi connectivity index (χ3n) is 2.90. The van der Waals surface area contributed by atoms with Crippen molar-refractivity contribution in [2.45, 2.75) is 13.0 Å². The zero-order valence-electron chi connectivity index (χ0n) is 11.9. The summed E-state index contributed by atoms with van der Waals surface area (Å²) in [7, 11) is 0. The van der Waals surface area contributed by atoms with E-state index in [1.807, 2.05) is 11.8 Å². The molecule has 0 saturated carbocycles. The fourth-order valence-electron chi connectivity index (χ4n) is 1.92. The molecule has 1 saturated heterocycles. The van der Waals surface area contributed by atoms with Crippen LogP contribution in [0.1, 0.15) is 6.92 Å². The van der Waals surface area contributed by atoms with Crippen molar-refractivity contribution < 1.29 is 9.53 Å². The molecule has 1 unspecified atom stereocenters. The van der Waals surface area contributed by atoms with Gasteiger partial charge in [0.2, 0.25) is 5.91 Å². The molecule has 1 aromatic rings. The van der Waals surface area contributed by atoms with Gasteiger partial charge in [0.25, 0.3) is 0 Å². The van der Waals surface area contributed by atoms with Crippen LogP contribution in [0.2, 0.25) is 0 Å². The zero-order chi connectivity index (χ0) is 14.4. The third kappa shape index (κ3) is 5.84. The molecule has 116 valence electrons. The largest absolute Gasteiger partial charge is 0.375 e. The Kier molecular flexibility index (Phi) is 7.37. The van der Waals surface area contributed by atoms with E-state index in [2.05, 4.69) is 15.3 Å². The molecule has 0 aromatic carbocycles. The van der Waals surface area contributed by atoms with Gasteiger partial charge in [-0.15, -0.1) is 24.0 Å². The first-order chi connectivity index (χ1) is 9.65. The number of anilines is 1. The number of nitrogens with zero attached hydrogens (tertiary/aromatic N) is 3. The van der Waals surface area contributed by atoms with Crippen LogP contribution >= 0.6 is 24.0 Å². The summed E-state index contributed by atoms with van der Waals surface area (Å²) in [6.45, 7) is 3.99. The fraction of sp³-hybridized carbons (Fsp3) is 0.462. The Bertz CT molecular complexity index is 483. The van der Waals surface area contributed by atoms with Gasteiger partial charge in [-0.3, -0.25) is 9.78 Å². The van der Waals surface area contributed by atoms with Crippen LogP contribution in [0.3, 0.4) is 0 Å². The number of aliphatic imine (C=N–C) groups is 1. The van der Waals surface area contributed by atoms with Crippen LogP contribution in [-0.2, 0) is 9.53 Å². The highest BCUT2D eigenvalue weighted by Crippen LogP contribution is 2.04. The Morgan fingerprint density at radius 3 is 3.14 bits per heavy atom. The SMILES string of the molecule is CC1CN(C(N)=NCC(=O)Nc2cccnc2)CCO1.I. The summed E-state index contributed by atoms with van der Waals surface area (Å²) in [5.41, 5.74) is 6.53. The van der Waals surface area contributed by atoms with E-state index in [0.29, 0.717) is 31.3 Å². The molecule has 7 nitrogen and oxygen atoms in total. The van der Waals surface area contributed by atoms with Gasteiger partial charge in [-0.05, 0) is 19.1 Å². The van der Waals surface area contributed by atoms with E-state index in [-0.39, 0.29) is 42.5 Å². The fourth-order valence-corrected chi connectivity index (χ4v) is 1.92. The Hall–Kier alpha value is -1.42. The maximum absolute atomic E-state index is 11.7. The van der Waals surface area contributed by atoms with Crippen molar-refractivity contribution in [2.24, 2.45) is 10.7 Å². The summed E-state index contributed by atoms with van der Waals surface area (Å²) in [5.74, 6) is 0.156. The predicted molar refractivity (Wildman–Crippen MR) is 91.8 cm³/mol. The van der Waals surface area contributed by atoms with Crippen molar-refractivity contribution in [3.63, 3.8) is 0 Å². The van der Waals surface area contributed by atoms with Crippen LogP contribution in [0.5, 0.6) is 0 Å². The van der Waals surface area contributed by atoms with Crippen molar-refractivity contribution in [1.29, 1.82) is 0 Å². The second kappa shape index (κ2) is 8.78. The third-order valence-corrected chi connectivity index (χ3v) is 2.90. The van der Waals surface area contributed by atoms with E-state index in [0.717, 1.165) is 0 Å². The molecular formula is C13H20IN5O2. The first-order valence-electron chi connectivity index (χ1n) is 6.51. The summed E-state index contributed by atoms with van der Waals surface area (Å²) in [6.07, 6.45) is 3.35. The highest BCUT2D eigenvalue weighted by Gasteiger charge is 2.18. The van der Waals surface area contributed by atoms with Gasteiger partial charge in [0.15, 0.2) is 5.96 Å². The van der Waals surface area contributed by atoms with E-state index in [1.165, 1.54) is 0 Å². The number of carbonyl (C=O) groups excluding carboxylic acids is 1. The van der Waals surface area contributed by atoms with Crippen molar-refractivity contribution in [2.75, 3.05) is 31.6 Å². The Morgan fingerprint density at radius 2 is 2.48 bits per heavy atom. The lowest BCUT2D eigenvalue weighted by molar-refractivity contribution is -0.114. The number of morpholine rings is 1. The van der Waals surface area contributed by atoms with E-state index in [4.69, 9.17) is 10.5 Å². The molecule has 1 fully saturated rings. The van der Waals surface area contributed by atoms with Gasteiger partial charge in [-0.1, -0.05) is 0 Å². The molecule has 0 radical (unpaired) electrons. The van der Waals surface area contributed by atoms with E-state index >= 15 is 0 Å². The lowest BCUT2D eigenvalue weighted by Crippen LogP contribution is -2.48. The summed E-state index contributed by atoms with van der Waals surface area (Å²) >= 11 is 0. The number of nitrogens with two attached hydrogens (primary N) is 1. The van der Waals surface area contributed by atoms with E-state index in [9.17, 15) is 4.79 Å². The second-order valence-electron chi connectivity index (χ2n) is 4.59. The van der Waals surface area contributed by atoms with Crippen molar-refractivity contribution in [1.82, 2.24) is 9.88 Å². The number of hydrogen-bond acceptors (Lipinski definition) is 4.